The first kappa shape index (κ1) is 19.6. The second kappa shape index (κ2) is 8.07. The van der Waals surface area contributed by atoms with Crippen molar-refractivity contribution in [1.82, 2.24) is 4.57 Å². The molecular weight excluding hydrogens is 374 g/mol. The molecule has 1 nitrogen and oxygen atoms in total. The summed E-state index contributed by atoms with van der Waals surface area (Å²) in [4.78, 5) is 0. The van der Waals surface area contributed by atoms with Crippen LogP contribution in [0.25, 0.3) is 44.1 Å². The normalized spacial score (nSPS) is 12.5. The summed E-state index contributed by atoms with van der Waals surface area (Å²) in [7, 11) is 0. The molecule has 4 aromatic carbocycles. The molecule has 1 atom stereocenters. The minimum absolute atomic E-state index is 0.616. The number of hydrogen-bond donors (Lipinski definition) is 0. The average molecular weight is 404 g/mol. The highest BCUT2D eigenvalue weighted by atomic mass is 15.0. The molecule has 0 saturated carbocycles. The van der Waals surface area contributed by atoms with E-state index in [9.17, 15) is 0 Å². The standard InChI is InChI=1S/C30H29N/c1-4-21(3)22-10-12-23(13-11-22)24-14-16-25(17-15-24)26-18-19-30-28(20-26)27-8-6-7-9-29(27)31(30)5-2/h6-21H,4-5H2,1-3H3. The van der Waals surface area contributed by atoms with Crippen molar-refractivity contribution < 1.29 is 0 Å². The summed E-state index contributed by atoms with van der Waals surface area (Å²) in [5, 5.41) is 2.67. The smallest absolute Gasteiger partial charge is 0.0491 e. The van der Waals surface area contributed by atoms with Crippen LogP contribution in [0.2, 0.25) is 0 Å². The Morgan fingerprint density at radius 2 is 1.16 bits per heavy atom. The predicted molar refractivity (Wildman–Crippen MR) is 135 cm³/mol. The third kappa shape index (κ3) is 3.45. The van der Waals surface area contributed by atoms with Gasteiger partial charge in [0.25, 0.3) is 0 Å². The van der Waals surface area contributed by atoms with Crippen LogP contribution in [0.15, 0.2) is 91.0 Å². The van der Waals surface area contributed by atoms with Crippen molar-refractivity contribution in [2.45, 2.75) is 39.7 Å². The first-order valence-corrected chi connectivity index (χ1v) is 11.4. The zero-order valence-electron chi connectivity index (χ0n) is 18.6. The second-order valence-corrected chi connectivity index (χ2v) is 8.50. The van der Waals surface area contributed by atoms with E-state index in [1.165, 1.54) is 56.0 Å². The Balaban J connectivity index is 1.50. The first-order valence-electron chi connectivity index (χ1n) is 11.4. The van der Waals surface area contributed by atoms with E-state index >= 15 is 0 Å². The van der Waals surface area contributed by atoms with Crippen molar-refractivity contribution in [2.75, 3.05) is 0 Å². The zero-order valence-corrected chi connectivity index (χ0v) is 18.6. The molecule has 0 bridgehead atoms. The quantitative estimate of drug-likeness (QED) is 0.277. The molecule has 0 radical (unpaired) electrons. The van der Waals surface area contributed by atoms with E-state index < -0.39 is 0 Å². The molecule has 0 aliphatic carbocycles. The van der Waals surface area contributed by atoms with Crippen LogP contribution in [0.5, 0.6) is 0 Å². The maximum absolute atomic E-state index is 2.40. The molecule has 0 spiro atoms. The molecule has 1 heteroatoms. The minimum atomic E-state index is 0.616. The minimum Gasteiger partial charge on any atom is -0.341 e. The van der Waals surface area contributed by atoms with Crippen LogP contribution in [-0.4, -0.2) is 4.57 Å². The van der Waals surface area contributed by atoms with Crippen LogP contribution in [0.3, 0.4) is 0 Å². The van der Waals surface area contributed by atoms with Gasteiger partial charge < -0.3 is 4.57 Å². The van der Waals surface area contributed by atoms with Crippen molar-refractivity contribution in [2.24, 2.45) is 0 Å². The SMILES string of the molecule is CCC(C)c1ccc(-c2ccc(-c3ccc4c(c3)c3ccccc3n4CC)cc2)cc1. The van der Waals surface area contributed by atoms with Gasteiger partial charge in [0.2, 0.25) is 0 Å². The summed E-state index contributed by atoms with van der Waals surface area (Å²) >= 11 is 0. The van der Waals surface area contributed by atoms with E-state index in [1.807, 2.05) is 0 Å². The Bertz CT molecular complexity index is 1340. The lowest BCUT2D eigenvalue weighted by atomic mass is 9.95. The first-order chi connectivity index (χ1) is 15.2. The number of para-hydroxylation sites is 1. The highest BCUT2D eigenvalue weighted by Gasteiger charge is 2.10. The van der Waals surface area contributed by atoms with E-state index in [2.05, 4.69) is 116 Å². The van der Waals surface area contributed by atoms with Crippen LogP contribution in [0, 0.1) is 0 Å². The van der Waals surface area contributed by atoms with Crippen molar-refractivity contribution in [3.8, 4) is 22.3 Å². The number of hydrogen-bond acceptors (Lipinski definition) is 0. The summed E-state index contributed by atoms with van der Waals surface area (Å²) < 4.78 is 2.40. The molecule has 0 N–H and O–H groups in total. The van der Waals surface area contributed by atoms with Crippen LogP contribution in [-0.2, 0) is 6.54 Å². The molecule has 0 aliphatic rings. The molecular formula is C30H29N. The number of aromatic nitrogens is 1. The Morgan fingerprint density at radius 3 is 1.81 bits per heavy atom. The molecule has 154 valence electrons. The third-order valence-corrected chi connectivity index (χ3v) is 6.73. The Labute approximate surface area is 185 Å². The van der Waals surface area contributed by atoms with Gasteiger partial charge in [-0.25, -0.2) is 0 Å². The lowest BCUT2D eigenvalue weighted by Gasteiger charge is -2.10. The molecule has 1 heterocycles. The fourth-order valence-electron chi connectivity index (χ4n) is 4.67. The highest BCUT2D eigenvalue weighted by Crippen LogP contribution is 2.33. The van der Waals surface area contributed by atoms with E-state index in [0.717, 1.165) is 6.54 Å². The molecule has 1 aromatic heterocycles. The average Bonchev–Trinajstić information content (AvgIpc) is 3.16. The van der Waals surface area contributed by atoms with Gasteiger partial charge in [0, 0.05) is 28.4 Å². The number of benzene rings is 4. The molecule has 1 unspecified atom stereocenters. The van der Waals surface area contributed by atoms with Gasteiger partial charge in [-0.3, -0.25) is 0 Å². The lowest BCUT2D eigenvalue weighted by molar-refractivity contribution is 0.734. The zero-order chi connectivity index (χ0) is 21.4. The van der Waals surface area contributed by atoms with Gasteiger partial charge in [0.05, 0.1) is 0 Å². The van der Waals surface area contributed by atoms with Crippen LogP contribution in [0.4, 0.5) is 0 Å². The maximum atomic E-state index is 2.40. The Morgan fingerprint density at radius 1 is 0.613 bits per heavy atom. The molecule has 5 rings (SSSR count). The van der Waals surface area contributed by atoms with Gasteiger partial charge >= 0.3 is 0 Å². The summed E-state index contributed by atoms with van der Waals surface area (Å²) in [6.45, 7) is 7.73. The van der Waals surface area contributed by atoms with Gasteiger partial charge in [-0.2, -0.15) is 0 Å². The fourth-order valence-corrected chi connectivity index (χ4v) is 4.67. The molecule has 0 aliphatic heterocycles. The molecule has 31 heavy (non-hydrogen) atoms. The molecule has 0 saturated heterocycles. The summed E-state index contributed by atoms with van der Waals surface area (Å²) in [5.74, 6) is 0.616. The maximum Gasteiger partial charge on any atom is 0.0491 e. The Hall–Kier alpha value is -3.32. The monoisotopic (exact) mass is 403 g/mol. The van der Waals surface area contributed by atoms with Crippen molar-refractivity contribution in [3.05, 3.63) is 96.6 Å². The lowest BCUT2D eigenvalue weighted by Crippen LogP contribution is -1.92. The summed E-state index contributed by atoms with van der Waals surface area (Å²) in [6.07, 6.45) is 1.18. The van der Waals surface area contributed by atoms with Crippen molar-refractivity contribution >= 4 is 21.8 Å². The van der Waals surface area contributed by atoms with E-state index in [1.54, 1.807) is 0 Å². The van der Waals surface area contributed by atoms with E-state index in [4.69, 9.17) is 0 Å². The van der Waals surface area contributed by atoms with Gasteiger partial charge in [0.15, 0.2) is 0 Å². The molecule has 0 amide bonds. The van der Waals surface area contributed by atoms with Gasteiger partial charge in [0.1, 0.15) is 0 Å². The number of rotatable bonds is 5. The summed E-state index contributed by atoms with van der Waals surface area (Å²) in [5.41, 5.74) is 9.12. The number of aryl methyl sites for hydroxylation is 1. The highest BCUT2D eigenvalue weighted by molar-refractivity contribution is 6.09. The molecule has 0 fully saturated rings. The third-order valence-electron chi connectivity index (χ3n) is 6.73. The van der Waals surface area contributed by atoms with Gasteiger partial charge in [-0.1, -0.05) is 86.6 Å². The van der Waals surface area contributed by atoms with Gasteiger partial charge in [-0.15, -0.1) is 0 Å². The van der Waals surface area contributed by atoms with Crippen LogP contribution < -0.4 is 0 Å². The van der Waals surface area contributed by atoms with Gasteiger partial charge in [-0.05, 0) is 65.3 Å². The second-order valence-electron chi connectivity index (χ2n) is 8.50. The molecule has 5 aromatic rings. The summed E-state index contributed by atoms with van der Waals surface area (Å²) in [6, 6.07) is 33.6. The van der Waals surface area contributed by atoms with Crippen molar-refractivity contribution in [1.29, 1.82) is 0 Å². The van der Waals surface area contributed by atoms with Crippen LogP contribution in [0.1, 0.15) is 38.7 Å². The van der Waals surface area contributed by atoms with E-state index in [-0.39, 0.29) is 0 Å². The fraction of sp³-hybridized carbons (Fsp3) is 0.200. The number of nitrogens with zero attached hydrogens (tertiary/aromatic N) is 1. The van der Waals surface area contributed by atoms with Crippen molar-refractivity contribution in [3.63, 3.8) is 0 Å². The predicted octanol–water partition coefficient (Wildman–Crippen LogP) is 8.66. The number of fused-ring (bicyclic) bond motifs is 3. The van der Waals surface area contributed by atoms with Crippen LogP contribution >= 0.6 is 0 Å². The largest absolute Gasteiger partial charge is 0.341 e. The Kier molecular flexibility index (Phi) is 5.11. The topological polar surface area (TPSA) is 4.93 Å². The van der Waals surface area contributed by atoms with E-state index in [0.29, 0.717) is 5.92 Å².